The minimum atomic E-state index is -0.439. The highest BCUT2D eigenvalue weighted by molar-refractivity contribution is 9.10. The van der Waals surface area contributed by atoms with Gasteiger partial charge in [-0.05, 0) is 12.5 Å². The zero-order valence-electron chi connectivity index (χ0n) is 8.46. The molecule has 1 aromatic carbocycles. The van der Waals surface area contributed by atoms with E-state index in [4.69, 9.17) is 9.47 Å². The number of carbonyl (C=O) groups excluding carboxylic acids is 1. The van der Waals surface area contributed by atoms with Crippen LogP contribution in [0.4, 0.5) is 4.39 Å². The van der Waals surface area contributed by atoms with Gasteiger partial charge in [0.2, 0.25) is 0 Å². The number of hydrogen-bond donors (Lipinski definition) is 0. The maximum Gasteiger partial charge on any atom is 0.197 e. The van der Waals surface area contributed by atoms with Crippen molar-refractivity contribution < 1.29 is 18.7 Å². The Labute approximate surface area is 101 Å². The monoisotopic (exact) mass is 288 g/mol. The molecule has 0 saturated heterocycles. The average molecular weight is 289 g/mol. The Morgan fingerprint density at radius 2 is 2.19 bits per heavy atom. The maximum absolute atomic E-state index is 14.0. The lowest BCUT2D eigenvalue weighted by Crippen LogP contribution is -2.17. The fourth-order valence-corrected chi connectivity index (χ4v) is 2.17. The molecule has 0 fully saturated rings. The highest BCUT2D eigenvalue weighted by Gasteiger charge is 2.21. The van der Waals surface area contributed by atoms with E-state index in [0.29, 0.717) is 35.4 Å². The Balaban J connectivity index is 2.41. The molecule has 0 N–H and O–H groups in total. The highest BCUT2D eigenvalue weighted by atomic mass is 79.9. The van der Waals surface area contributed by atoms with Crippen molar-refractivity contribution in [2.75, 3.05) is 13.2 Å². The zero-order valence-corrected chi connectivity index (χ0v) is 10.0. The molecule has 0 aliphatic carbocycles. The van der Waals surface area contributed by atoms with Gasteiger partial charge in [0, 0.05) is 16.5 Å². The van der Waals surface area contributed by atoms with Gasteiger partial charge in [0.15, 0.2) is 17.3 Å². The summed E-state index contributed by atoms with van der Waals surface area (Å²) in [6.07, 6.45) is 1.41. The van der Waals surface area contributed by atoms with Crippen molar-refractivity contribution in [1.29, 1.82) is 0 Å². The molecule has 0 unspecified atom stereocenters. The molecule has 1 aliphatic rings. The van der Waals surface area contributed by atoms with Gasteiger partial charge in [0.25, 0.3) is 0 Å². The smallest absolute Gasteiger partial charge is 0.197 e. The molecule has 5 heteroatoms. The molecular weight excluding hydrogens is 279 g/mol. The van der Waals surface area contributed by atoms with Crippen molar-refractivity contribution in [3.63, 3.8) is 0 Å². The van der Waals surface area contributed by atoms with Crippen molar-refractivity contribution in [3.8, 4) is 11.5 Å². The summed E-state index contributed by atoms with van der Waals surface area (Å²) in [5.74, 6) is 0.117. The third kappa shape index (κ3) is 2.04. The van der Waals surface area contributed by atoms with Crippen molar-refractivity contribution >= 4 is 22.2 Å². The fourth-order valence-electron chi connectivity index (χ4n) is 1.59. The van der Waals surface area contributed by atoms with Crippen molar-refractivity contribution in [2.24, 2.45) is 0 Å². The number of ether oxygens (including phenoxy) is 2. The summed E-state index contributed by atoms with van der Waals surface area (Å²) in [4.78, 5) is 10.3. The van der Waals surface area contributed by atoms with Gasteiger partial charge in [-0.1, -0.05) is 15.9 Å². The Morgan fingerprint density at radius 3 is 2.94 bits per heavy atom. The van der Waals surface area contributed by atoms with E-state index < -0.39 is 5.82 Å². The van der Waals surface area contributed by atoms with E-state index in [1.807, 2.05) is 0 Å². The molecule has 16 heavy (non-hydrogen) atoms. The van der Waals surface area contributed by atoms with Gasteiger partial charge in [-0.2, -0.15) is 0 Å². The molecule has 0 saturated carbocycles. The SMILES string of the molecule is O=CCCc1c(Br)cc2c(c1F)OCCO2. The first kappa shape index (κ1) is 11.4. The third-order valence-electron chi connectivity index (χ3n) is 2.33. The van der Waals surface area contributed by atoms with Crippen molar-refractivity contribution in [2.45, 2.75) is 12.8 Å². The fraction of sp³-hybridized carbons (Fsp3) is 0.364. The molecule has 0 spiro atoms. The van der Waals surface area contributed by atoms with Gasteiger partial charge in [-0.15, -0.1) is 0 Å². The van der Waals surface area contributed by atoms with Gasteiger partial charge in [0.05, 0.1) is 0 Å². The van der Waals surface area contributed by atoms with E-state index in [1.54, 1.807) is 6.07 Å². The molecule has 1 aromatic rings. The molecule has 86 valence electrons. The molecule has 0 bridgehead atoms. The number of fused-ring (bicyclic) bond motifs is 1. The average Bonchev–Trinajstić information content (AvgIpc) is 2.29. The molecule has 0 aromatic heterocycles. The van der Waals surface area contributed by atoms with Crippen LogP contribution in [0.3, 0.4) is 0 Å². The second-order valence-corrected chi connectivity index (χ2v) is 4.23. The van der Waals surface area contributed by atoms with Crippen LogP contribution in [-0.2, 0) is 11.2 Å². The molecule has 2 rings (SSSR count). The number of carbonyl (C=O) groups is 1. The normalized spacial score (nSPS) is 13.6. The lowest BCUT2D eigenvalue weighted by Gasteiger charge is -2.20. The number of aldehydes is 1. The quantitative estimate of drug-likeness (QED) is 0.802. The van der Waals surface area contributed by atoms with Crippen LogP contribution in [-0.4, -0.2) is 19.5 Å². The Hall–Kier alpha value is -1.10. The number of benzene rings is 1. The molecule has 0 radical (unpaired) electrons. The van der Waals surface area contributed by atoms with Gasteiger partial charge in [0.1, 0.15) is 19.5 Å². The van der Waals surface area contributed by atoms with Gasteiger partial charge >= 0.3 is 0 Å². The van der Waals surface area contributed by atoms with E-state index in [1.165, 1.54) is 0 Å². The summed E-state index contributed by atoms with van der Waals surface area (Å²) < 4.78 is 25.1. The number of halogens is 2. The van der Waals surface area contributed by atoms with Crippen molar-refractivity contribution in [1.82, 2.24) is 0 Å². The Morgan fingerprint density at radius 1 is 1.44 bits per heavy atom. The van der Waals surface area contributed by atoms with Crippen molar-refractivity contribution in [3.05, 3.63) is 21.9 Å². The predicted octanol–water partition coefficient (Wildman–Crippen LogP) is 2.49. The summed E-state index contributed by atoms with van der Waals surface area (Å²) in [6.45, 7) is 0.769. The third-order valence-corrected chi connectivity index (χ3v) is 3.04. The van der Waals surface area contributed by atoms with E-state index in [9.17, 15) is 9.18 Å². The van der Waals surface area contributed by atoms with Gasteiger partial charge < -0.3 is 14.3 Å². The first-order valence-corrected chi connectivity index (χ1v) is 5.73. The summed E-state index contributed by atoms with van der Waals surface area (Å²) in [6, 6.07) is 1.68. The molecule has 1 heterocycles. The maximum atomic E-state index is 14.0. The highest BCUT2D eigenvalue weighted by Crippen LogP contribution is 2.39. The minimum Gasteiger partial charge on any atom is -0.486 e. The van der Waals surface area contributed by atoms with E-state index in [2.05, 4.69) is 15.9 Å². The van der Waals surface area contributed by atoms with E-state index >= 15 is 0 Å². The summed E-state index contributed by atoms with van der Waals surface area (Å²) in [7, 11) is 0. The zero-order chi connectivity index (χ0) is 11.5. The summed E-state index contributed by atoms with van der Waals surface area (Å²) >= 11 is 3.26. The van der Waals surface area contributed by atoms with Crippen LogP contribution in [0.5, 0.6) is 11.5 Å². The predicted molar refractivity (Wildman–Crippen MR) is 59.5 cm³/mol. The molecule has 1 aliphatic heterocycles. The molecular formula is C11H10BrFO3. The first-order chi connectivity index (χ1) is 7.74. The summed E-state index contributed by atoms with van der Waals surface area (Å²) in [5, 5.41) is 0. The molecule has 0 amide bonds. The van der Waals surface area contributed by atoms with Crippen LogP contribution in [0.2, 0.25) is 0 Å². The lowest BCUT2D eigenvalue weighted by atomic mass is 10.1. The second-order valence-electron chi connectivity index (χ2n) is 3.38. The summed E-state index contributed by atoms with van der Waals surface area (Å²) in [5.41, 5.74) is 0.455. The van der Waals surface area contributed by atoms with E-state index in [0.717, 1.165) is 6.29 Å². The van der Waals surface area contributed by atoms with Crippen LogP contribution in [0.1, 0.15) is 12.0 Å². The van der Waals surface area contributed by atoms with Crippen LogP contribution < -0.4 is 9.47 Å². The van der Waals surface area contributed by atoms with Crippen LogP contribution in [0, 0.1) is 5.82 Å². The Bertz CT molecular complexity index is 420. The second kappa shape index (κ2) is 4.82. The number of hydrogen-bond acceptors (Lipinski definition) is 3. The first-order valence-electron chi connectivity index (χ1n) is 4.94. The van der Waals surface area contributed by atoms with Crippen LogP contribution >= 0.6 is 15.9 Å². The van der Waals surface area contributed by atoms with E-state index in [-0.39, 0.29) is 12.2 Å². The molecule has 0 atom stereocenters. The lowest BCUT2D eigenvalue weighted by molar-refractivity contribution is -0.107. The van der Waals surface area contributed by atoms with Gasteiger partial charge in [-0.25, -0.2) is 4.39 Å². The van der Waals surface area contributed by atoms with Crippen LogP contribution in [0.15, 0.2) is 10.5 Å². The van der Waals surface area contributed by atoms with Gasteiger partial charge in [-0.3, -0.25) is 0 Å². The van der Waals surface area contributed by atoms with Crippen LogP contribution in [0.25, 0.3) is 0 Å². The minimum absolute atomic E-state index is 0.148. The number of rotatable bonds is 3. The standard InChI is InChI=1S/C11H10BrFO3/c12-8-6-9-11(16-5-4-15-9)10(13)7(8)2-1-3-14/h3,6H,1-2,4-5H2. The largest absolute Gasteiger partial charge is 0.486 e. The molecule has 3 nitrogen and oxygen atoms in total. The Kier molecular flexibility index (Phi) is 3.43. The topological polar surface area (TPSA) is 35.5 Å².